The molecular weight excluding hydrogens is 361 g/mol. The average Bonchev–Trinajstić information content (AvgIpc) is 2.93. The van der Waals surface area contributed by atoms with Crippen LogP contribution in [0.2, 0.25) is 0 Å². The first kappa shape index (κ1) is 14.8. The number of carbonyl (C=O) groups is 1. The molecule has 0 aliphatic carbocycles. The van der Waals surface area contributed by atoms with E-state index in [1.807, 2.05) is 47.5 Å². The number of benzene rings is 2. The summed E-state index contributed by atoms with van der Waals surface area (Å²) in [6, 6.07) is 16.0. The van der Waals surface area contributed by atoms with Gasteiger partial charge in [0.05, 0.1) is 0 Å². The predicted octanol–water partition coefficient (Wildman–Crippen LogP) is 5.09. The molecule has 102 valence electrons. The zero-order valence-corrected chi connectivity index (χ0v) is 13.6. The Hall–Kier alpha value is -1.62. The minimum atomic E-state index is 0.0905. The van der Waals surface area contributed by atoms with E-state index in [-0.39, 0.29) is 5.78 Å². The number of hydrogen-bond acceptors (Lipinski definition) is 1. The van der Waals surface area contributed by atoms with Crippen molar-refractivity contribution in [1.29, 1.82) is 0 Å². The van der Waals surface area contributed by atoms with Crippen molar-refractivity contribution in [2.45, 2.75) is 6.92 Å². The van der Waals surface area contributed by atoms with Gasteiger partial charge < -0.3 is 4.98 Å². The molecule has 0 aliphatic rings. The average molecular weight is 377 g/mol. The molecule has 0 radical (unpaired) electrons. The van der Waals surface area contributed by atoms with Crippen molar-refractivity contribution in [3.05, 3.63) is 60.3 Å². The number of rotatable bonds is 2. The molecule has 2 aromatic carbocycles. The Morgan fingerprint density at radius 3 is 2.40 bits per heavy atom. The number of aromatic nitrogens is 1. The lowest BCUT2D eigenvalue weighted by Gasteiger charge is -2.00. The van der Waals surface area contributed by atoms with Crippen LogP contribution in [0.1, 0.15) is 17.3 Å². The SMILES string of the molecule is CC(=O)c1ccc2c(-c3ccccc3)c[nH]c2c1.CI. The third-order valence-corrected chi connectivity index (χ3v) is 3.17. The molecule has 20 heavy (non-hydrogen) atoms. The van der Waals surface area contributed by atoms with Crippen LogP contribution in [-0.4, -0.2) is 15.7 Å². The lowest BCUT2D eigenvalue weighted by molar-refractivity contribution is 0.101. The smallest absolute Gasteiger partial charge is 0.159 e. The summed E-state index contributed by atoms with van der Waals surface area (Å²) in [5.74, 6) is 0.0905. The van der Waals surface area contributed by atoms with Gasteiger partial charge in [0, 0.05) is 28.2 Å². The second kappa shape index (κ2) is 6.70. The van der Waals surface area contributed by atoms with Crippen LogP contribution in [0.4, 0.5) is 0 Å². The number of alkyl halides is 1. The van der Waals surface area contributed by atoms with E-state index in [2.05, 4.69) is 39.7 Å². The molecular formula is C17H16INO. The normalized spacial score (nSPS) is 9.95. The fourth-order valence-corrected chi connectivity index (χ4v) is 2.20. The number of hydrogen-bond donors (Lipinski definition) is 1. The van der Waals surface area contributed by atoms with E-state index in [4.69, 9.17) is 0 Å². The van der Waals surface area contributed by atoms with E-state index in [9.17, 15) is 4.79 Å². The van der Waals surface area contributed by atoms with Gasteiger partial charge in [0.1, 0.15) is 0 Å². The molecule has 2 nitrogen and oxygen atoms in total. The molecule has 0 saturated carbocycles. The van der Waals surface area contributed by atoms with E-state index in [0.29, 0.717) is 0 Å². The van der Waals surface area contributed by atoms with Gasteiger partial charge >= 0.3 is 0 Å². The maximum atomic E-state index is 11.4. The van der Waals surface area contributed by atoms with Crippen molar-refractivity contribution in [3.63, 3.8) is 0 Å². The summed E-state index contributed by atoms with van der Waals surface area (Å²) in [5.41, 5.74) is 4.09. The van der Waals surface area contributed by atoms with Crippen LogP contribution in [0.15, 0.2) is 54.7 Å². The third-order valence-electron chi connectivity index (χ3n) is 3.17. The van der Waals surface area contributed by atoms with Gasteiger partial charge in [-0.05, 0) is 23.5 Å². The van der Waals surface area contributed by atoms with Gasteiger partial charge in [0.25, 0.3) is 0 Å². The van der Waals surface area contributed by atoms with E-state index in [0.717, 1.165) is 16.5 Å². The van der Waals surface area contributed by atoms with Crippen molar-refractivity contribution in [2.24, 2.45) is 0 Å². The number of H-pyrrole nitrogens is 1. The standard InChI is InChI=1S/C16H13NO.CH3I/c1-11(18)13-7-8-14-15(10-17-16(14)9-13)12-5-3-2-4-6-12;1-2/h2-10,17H,1H3;1H3. The molecule has 0 unspecified atom stereocenters. The van der Waals surface area contributed by atoms with Crippen LogP contribution in [0.3, 0.4) is 0 Å². The Labute approximate surface area is 132 Å². The van der Waals surface area contributed by atoms with Crippen molar-refractivity contribution in [2.75, 3.05) is 4.93 Å². The van der Waals surface area contributed by atoms with Crippen molar-refractivity contribution in [1.82, 2.24) is 4.98 Å². The lowest BCUT2D eigenvalue weighted by atomic mass is 10.0. The van der Waals surface area contributed by atoms with E-state index < -0.39 is 0 Å². The van der Waals surface area contributed by atoms with Gasteiger partial charge in [-0.1, -0.05) is 65.1 Å². The molecule has 3 rings (SSSR count). The zero-order chi connectivity index (χ0) is 14.5. The van der Waals surface area contributed by atoms with Gasteiger partial charge in [-0.2, -0.15) is 0 Å². The van der Waals surface area contributed by atoms with Crippen LogP contribution in [0.25, 0.3) is 22.0 Å². The van der Waals surface area contributed by atoms with Crippen LogP contribution in [0, 0.1) is 0 Å². The maximum Gasteiger partial charge on any atom is 0.159 e. The second-order valence-corrected chi connectivity index (χ2v) is 4.38. The molecule has 0 fully saturated rings. The summed E-state index contributed by atoms with van der Waals surface area (Å²) in [6.45, 7) is 1.59. The van der Waals surface area contributed by atoms with Gasteiger partial charge in [-0.3, -0.25) is 4.79 Å². The highest BCUT2D eigenvalue weighted by Gasteiger charge is 2.07. The number of halogens is 1. The molecule has 0 atom stereocenters. The van der Waals surface area contributed by atoms with Crippen LogP contribution in [-0.2, 0) is 0 Å². The maximum absolute atomic E-state index is 11.4. The summed E-state index contributed by atoms with van der Waals surface area (Å²) < 4.78 is 0. The van der Waals surface area contributed by atoms with Crippen LogP contribution in [0.5, 0.6) is 0 Å². The molecule has 0 saturated heterocycles. The first-order valence-corrected chi connectivity index (χ1v) is 8.47. The number of nitrogens with one attached hydrogen (secondary N) is 1. The minimum absolute atomic E-state index is 0.0905. The number of fused-ring (bicyclic) bond motifs is 1. The Kier molecular flexibility index (Phi) is 4.95. The quantitative estimate of drug-likeness (QED) is 0.377. The molecule has 3 aromatic rings. The highest BCUT2D eigenvalue weighted by Crippen LogP contribution is 2.28. The summed E-state index contributed by atoms with van der Waals surface area (Å²) >= 11 is 2.15. The van der Waals surface area contributed by atoms with Crippen molar-refractivity contribution < 1.29 is 4.79 Å². The highest BCUT2D eigenvalue weighted by molar-refractivity contribution is 14.1. The molecule has 0 aliphatic heterocycles. The molecule has 3 heteroatoms. The monoisotopic (exact) mass is 377 g/mol. The molecule has 1 heterocycles. The Morgan fingerprint density at radius 1 is 1.05 bits per heavy atom. The van der Waals surface area contributed by atoms with E-state index in [1.54, 1.807) is 6.92 Å². The molecule has 0 amide bonds. The van der Waals surface area contributed by atoms with Crippen molar-refractivity contribution >= 4 is 39.3 Å². The summed E-state index contributed by atoms with van der Waals surface area (Å²) in [7, 11) is 0. The number of aromatic amines is 1. The first-order valence-electron chi connectivity index (χ1n) is 6.31. The van der Waals surface area contributed by atoms with Crippen molar-refractivity contribution in [3.8, 4) is 11.1 Å². The largest absolute Gasteiger partial charge is 0.361 e. The predicted molar refractivity (Wildman–Crippen MR) is 93.7 cm³/mol. The van der Waals surface area contributed by atoms with Gasteiger partial charge in [0.2, 0.25) is 0 Å². The Morgan fingerprint density at radius 2 is 1.75 bits per heavy atom. The van der Waals surface area contributed by atoms with E-state index in [1.165, 1.54) is 11.1 Å². The summed E-state index contributed by atoms with van der Waals surface area (Å²) in [4.78, 5) is 16.6. The molecule has 1 N–H and O–H groups in total. The first-order chi connectivity index (χ1) is 9.75. The molecule has 0 bridgehead atoms. The minimum Gasteiger partial charge on any atom is -0.361 e. The van der Waals surface area contributed by atoms with Crippen LogP contribution >= 0.6 is 22.6 Å². The topological polar surface area (TPSA) is 32.9 Å². The van der Waals surface area contributed by atoms with Crippen LogP contribution < -0.4 is 0 Å². The molecule has 1 aromatic heterocycles. The Balaban J connectivity index is 0.000000704. The Bertz CT molecular complexity index is 716. The van der Waals surface area contributed by atoms with Gasteiger partial charge in [-0.25, -0.2) is 0 Å². The highest BCUT2D eigenvalue weighted by atomic mass is 127. The fraction of sp³-hybridized carbons (Fsp3) is 0.118. The van der Waals surface area contributed by atoms with Gasteiger partial charge in [-0.15, -0.1) is 0 Å². The number of ketones is 1. The van der Waals surface area contributed by atoms with E-state index >= 15 is 0 Å². The molecule has 0 spiro atoms. The second-order valence-electron chi connectivity index (χ2n) is 4.38. The summed E-state index contributed by atoms with van der Waals surface area (Å²) in [6.07, 6.45) is 1.99. The number of carbonyl (C=O) groups excluding carboxylic acids is 1. The zero-order valence-electron chi connectivity index (χ0n) is 11.5. The fourth-order valence-electron chi connectivity index (χ4n) is 2.20. The lowest BCUT2D eigenvalue weighted by Crippen LogP contribution is -1.90. The van der Waals surface area contributed by atoms with Gasteiger partial charge in [0.15, 0.2) is 5.78 Å². The number of Topliss-reactive ketones (excluding diaryl/α,β-unsaturated/α-hetero) is 1. The summed E-state index contributed by atoms with van der Waals surface area (Å²) in [5, 5.41) is 1.14. The third kappa shape index (κ3) is 2.93.